The number of benzene rings is 1. The summed E-state index contributed by atoms with van der Waals surface area (Å²) in [6.45, 7) is 2.61. The van der Waals surface area contributed by atoms with Gasteiger partial charge >= 0.3 is 0 Å². The molecule has 0 radical (unpaired) electrons. The van der Waals surface area contributed by atoms with Gasteiger partial charge in [-0.3, -0.25) is 0 Å². The molecule has 0 saturated carbocycles. The van der Waals surface area contributed by atoms with Crippen molar-refractivity contribution in [1.29, 1.82) is 0 Å². The highest BCUT2D eigenvalue weighted by Gasteiger charge is 2.20. The molecule has 92 valence electrons. The monoisotopic (exact) mass is 253 g/mol. The van der Waals surface area contributed by atoms with E-state index < -0.39 is 0 Å². The standard InChI is InChI=1S/C13H16ClNO2/c1-3-17-10-7-9-5-4-6-12(15-16-2)13(9)11(14)8-10/h7-8H,3-6H2,1-2H3/b15-12+. The van der Waals surface area contributed by atoms with Crippen LogP contribution < -0.4 is 4.74 Å². The zero-order valence-electron chi connectivity index (χ0n) is 10.1. The third-order valence-corrected chi connectivity index (χ3v) is 3.10. The fourth-order valence-corrected chi connectivity index (χ4v) is 2.52. The smallest absolute Gasteiger partial charge is 0.121 e. The van der Waals surface area contributed by atoms with Crippen molar-refractivity contribution in [1.82, 2.24) is 0 Å². The van der Waals surface area contributed by atoms with E-state index in [1.807, 2.05) is 13.0 Å². The maximum Gasteiger partial charge on any atom is 0.121 e. The summed E-state index contributed by atoms with van der Waals surface area (Å²) in [5, 5.41) is 4.75. The largest absolute Gasteiger partial charge is 0.494 e. The Morgan fingerprint density at radius 2 is 2.18 bits per heavy atom. The first kappa shape index (κ1) is 12.2. The van der Waals surface area contributed by atoms with Gasteiger partial charge in [0.15, 0.2) is 0 Å². The SMILES string of the molecule is CCOc1cc(Cl)c2c(c1)CCC/C2=N\OC. The number of ether oxygens (including phenoxy) is 1. The Morgan fingerprint density at radius 3 is 2.88 bits per heavy atom. The number of hydrogen-bond donors (Lipinski definition) is 0. The van der Waals surface area contributed by atoms with Crippen LogP contribution in [-0.2, 0) is 11.3 Å². The Labute approximate surface area is 106 Å². The van der Waals surface area contributed by atoms with Gasteiger partial charge in [0, 0.05) is 5.56 Å². The molecule has 0 bridgehead atoms. The van der Waals surface area contributed by atoms with Gasteiger partial charge in [0.25, 0.3) is 0 Å². The molecular weight excluding hydrogens is 238 g/mol. The van der Waals surface area contributed by atoms with Gasteiger partial charge in [-0.1, -0.05) is 16.8 Å². The lowest BCUT2D eigenvalue weighted by atomic mass is 9.90. The van der Waals surface area contributed by atoms with Crippen LogP contribution in [0.3, 0.4) is 0 Å². The highest BCUT2D eigenvalue weighted by atomic mass is 35.5. The van der Waals surface area contributed by atoms with Gasteiger partial charge in [-0.15, -0.1) is 0 Å². The van der Waals surface area contributed by atoms with E-state index >= 15 is 0 Å². The van der Waals surface area contributed by atoms with Crippen molar-refractivity contribution in [2.75, 3.05) is 13.7 Å². The normalized spacial score (nSPS) is 16.8. The van der Waals surface area contributed by atoms with Gasteiger partial charge in [0.2, 0.25) is 0 Å². The third-order valence-electron chi connectivity index (χ3n) is 2.81. The van der Waals surface area contributed by atoms with Crippen LogP contribution in [0.2, 0.25) is 5.02 Å². The van der Waals surface area contributed by atoms with E-state index in [0.717, 1.165) is 36.3 Å². The van der Waals surface area contributed by atoms with Crippen molar-refractivity contribution in [2.45, 2.75) is 26.2 Å². The molecule has 1 aliphatic rings. The number of fused-ring (bicyclic) bond motifs is 1. The molecule has 0 aliphatic heterocycles. The van der Waals surface area contributed by atoms with Crippen LogP contribution >= 0.6 is 11.6 Å². The predicted molar refractivity (Wildman–Crippen MR) is 69.1 cm³/mol. The van der Waals surface area contributed by atoms with Gasteiger partial charge in [-0.2, -0.15) is 0 Å². The van der Waals surface area contributed by atoms with Crippen LogP contribution in [0.1, 0.15) is 30.9 Å². The maximum atomic E-state index is 6.30. The Morgan fingerprint density at radius 1 is 1.35 bits per heavy atom. The lowest BCUT2D eigenvalue weighted by Gasteiger charge is -2.19. The van der Waals surface area contributed by atoms with Crippen LogP contribution in [0.5, 0.6) is 5.75 Å². The number of aryl methyl sites for hydroxylation is 1. The van der Waals surface area contributed by atoms with Crippen LogP contribution in [0.15, 0.2) is 17.3 Å². The van der Waals surface area contributed by atoms with E-state index in [9.17, 15) is 0 Å². The van der Waals surface area contributed by atoms with Crippen molar-refractivity contribution in [3.05, 3.63) is 28.3 Å². The maximum absolute atomic E-state index is 6.30. The molecule has 1 aromatic rings. The highest BCUT2D eigenvalue weighted by Crippen LogP contribution is 2.32. The van der Waals surface area contributed by atoms with Crippen molar-refractivity contribution in [2.24, 2.45) is 5.16 Å². The molecule has 0 spiro atoms. The first-order chi connectivity index (χ1) is 8.26. The summed E-state index contributed by atoms with van der Waals surface area (Å²) in [6.07, 6.45) is 2.99. The van der Waals surface area contributed by atoms with E-state index in [1.54, 1.807) is 7.11 Å². The number of nitrogens with zero attached hydrogens (tertiary/aromatic N) is 1. The lowest BCUT2D eigenvalue weighted by molar-refractivity contribution is 0.212. The minimum Gasteiger partial charge on any atom is -0.494 e. The number of rotatable bonds is 3. The Balaban J connectivity index is 2.45. The molecule has 0 amide bonds. The summed E-state index contributed by atoms with van der Waals surface area (Å²) in [4.78, 5) is 4.87. The molecule has 4 heteroatoms. The van der Waals surface area contributed by atoms with E-state index in [0.29, 0.717) is 11.6 Å². The first-order valence-corrected chi connectivity index (χ1v) is 6.19. The van der Waals surface area contributed by atoms with Gasteiger partial charge in [-0.05, 0) is 43.9 Å². The molecule has 1 aromatic carbocycles. The molecule has 0 N–H and O–H groups in total. The number of halogens is 1. The topological polar surface area (TPSA) is 30.8 Å². The molecule has 1 aliphatic carbocycles. The molecule has 2 rings (SSSR count). The van der Waals surface area contributed by atoms with Crippen LogP contribution in [0, 0.1) is 0 Å². The zero-order chi connectivity index (χ0) is 12.3. The summed E-state index contributed by atoms with van der Waals surface area (Å²) in [6, 6.07) is 3.90. The Hall–Kier alpha value is -1.22. The molecule has 0 atom stereocenters. The summed E-state index contributed by atoms with van der Waals surface area (Å²) in [7, 11) is 1.56. The quantitative estimate of drug-likeness (QED) is 0.773. The molecular formula is C13H16ClNO2. The summed E-state index contributed by atoms with van der Waals surface area (Å²) < 4.78 is 5.49. The molecule has 0 saturated heterocycles. The van der Waals surface area contributed by atoms with Gasteiger partial charge < -0.3 is 9.57 Å². The van der Waals surface area contributed by atoms with Crippen molar-refractivity contribution in [3.8, 4) is 5.75 Å². The third kappa shape index (κ3) is 2.55. The van der Waals surface area contributed by atoms with Gasteiger partial charge in [0.1, 0.15) is 12.9 Å². The van der Waals surface area contributed by atoms with E-state index in [1.165, 1.54) is 5.56 Å². The molecule has 0 heterocycles. The predicted octanol–water partition coefficient (Wildman–Crippen LogP) is 3.43. The Bertz CT molecular complexity index is 443. The number of hydrogen-bond acceptors (Lipinski definition) is 3. The van der Waals surface area contributed by atoms with E-state index in [2.05, 4.69) is 11.2 Å². The average molecular weight is 254 g/mol. The Kier molecular flexibility index (Phi) is 3.89. The lowest BCUT2D eigenvalue weighted by Crippen LogP contribution is -2.13. The average Bonchev–Trinajstić information content (AvgIpc) is 2.29. The second kappa shape index (κ2) is 5.41. The zero-order valence-corrected chi connectivity index (χ0v) is 10.9. The van der Waals surface area contributed by atoms with E-state index in [4.69, 9.17) is 21.2 Å². The molecule has 0 fully saturated rings. The first-order valence-electron chi connectivity index (χ1n) is 5.82. The fourth-order valence-electron chi connectivity index (χ4n) is 2.18. The molecule has 3 nitrogen and oxygen atoms in total. The van der Waals surface area contributed by atoms with Crippen molar-refractivity contribution < 1.29 is 9.57 Å². The minimum absolute atomic E-state index is 0.647. The molecule has 0 unspecified atom stereocenters. The summed E-state index contributed by atoms with van der Waals surface area (Å²) in [5.41, 5.74) is 3.15. The van der Waals surface area contributed by atoms with Crippen molar-refractivity contribution in [3.63, 3.8) is 0 Å². The fraction of sp³-hybridized carbons (Fsp3) is 0.462. The summed E-state index contributed by atoms with van der Waals surface area (Å²) >= 11 is 6.30. The number of oxime groups is 1. The summed E-state index contributed by atoms with van der Waals surface area (Å²) in [5.74, 6) is 0.829. The second-order valence-electron chi connectivity index (χ2n) is 3.95. The van der Waals surface area contributed by atoms with Crippen LogP contribution in [-0.4, -0.2) is 19.4 Å². The van der Waals surface area contributed by atoms with Crippen LogP contribution in [0.4, 0.5) is 0 Å². The van der Waals surface area contributed by atoms with E-state index in [-0.39, 0.29) is 0 Å². The minimum atomic E-state index is 0.647. The van der Waals surface area contributed by atoms with Gasteiger partial charge in [0.05, 0.1) is 17.3 Å². The van der Waals surface area contributed by atoms with Crippen molar-refractivity contribution >= 4 is 17.3 Å². The molecule has 0 aromatic heterocycles. The van der Waals surface area contributed by atoms with Gasteiger partial charge in [-0.25, -0.2) is 0 Å². The highest BCUT2D eigenvalue weighted by molar-refractivity contribution is 6.34. The second-order valence-corrected chi connectivity index (χ2v) is 4.35. The van der Waals surface area contributed by atoms with Crippen LogP contribution in [0.25, 0.3) is 0 Å². The molecule has 17 heavy (non-hydrogen) atoms.